The van der Waals surface area contributed by atoms with Crippen molar-refractivity contribution >= 4 is 11.6 Å². The Labute approximate surface area is 126 Å². The zero-order valence-corrected chi connectivity index (χ0v) is 12.8. The lowest BCUT2D eigenvalue weighted by molar-refractivity contribution is 0.102. The molecule has 0 radical (unpaired) electrons. The van der Waals surface area contributed by atoms with Crippen molar-refractivity contribution in [3.8, 4) is 0 Å². The van der Waals surface area contributed by atoms with Gasteiger partial charge >= 0.3 is 0 Å². The van der Waals surface area contributed by atoms with E-state index in [0.29, 0.717) is 12.1 Å². The van der Waals surface area contributed by atoms with E-state index in [0.717, 1.165) is 16.8 Å². The number of rotatable bonds is 3. The molecule has 0 aliphatic heterocycles. The molecule has 0 bridgehead atoms. The predicted octanol–water partition coefficient (Wildman–Crippen LogP) is 3.70. The molecule has 0 unspecified atom stereocenters. The molecule has 0 heterocycles. The Morgan fingerprint density at radius 3 is 2.48 bits per heavy atom. The van der Waals surface area contributed by atoms with Crippen LogP contribution in [-0.2, 0) is 12.0 Å². The molecule has 110 valence electrons. The smallest absolute Gasteiger partial charge is 0.255 e. The SMILES string of the molecule is CC(C)(C)c1ccccc1NC(=O)c1cccc(CN)c1. The Bertz CT molecular complexity index is 642. The second-order valence-corrected chi connectivity index (χ2v) is 6.15. The third kappa shape index (κ3) is 3.70. The van der Waals surface area contributed by atoms with Crippen LogP contribution in [0.25, 0.3) is 0 Å². The van der Waals surface area contributed by atoms with Crippen molar-refractivity contribution in [2.75, 3.05) is 5.32 Å². The summed E-state index contributed by atoms with van der Waals surface area (Å²) in [6.45, 7) is 6.83. The van der Waals surface area contributed by atoms with Gasteiger partial charge in [0, 0.05) is 17.8 Å². The molecule has 0 spiro atoms. The quantitative estimate of drug-likeness (QED) is 0.902. The van der Waals surface area contributed by atoms with Gasteiger partial charge in [-0.05, 0) is 34.7 Å². The van der Waals surface area contributed by atoms with Crippen molar-refractivity contribution in [3.05, 3.63) is 65.2 Å². The fourth-order valence-corrected chi connectivity index (χ4v) is 2.28. The number of hydrogen-bond acceptors (Lipinski definition) is 2. The third-order valence-electron chi connectivity index (χ3n) is 3.41. The summed E-state index contributed by atoms with van der Waals surface area (Å²) in [4.78, 5) is 12.4. The Kier molecular flexibility index (Phi) is 4.43. The Morgan fingerprint density at radius 1 is 1.10 bits per heavy atom. The van der Waals surface area contributed by atoms with Gasteiger partial charge in [0.1, 0.15) is 0 Å². The van der Waals surface area contributed by atoms with Gasteiger partial charge in [0.25, 0.3) is 5.91 Å². The van der Waals surface area contributed by atoms with Crippen molar-refractivity contribution < 1.29 is 4.79 Å². The zero-order valence-electron chi connectivity index (χ0n) is 12.8. The maximum Gasteiger partial charge on any atom is 0.255 e. The van der Waals surface area contributed by atoms with Gasteiger partial charge in [-0.3, -0.25) is 4.79 Å². The van der Waals surface area contributed by atoms with Crippen LogP contribution in [0.5, 0.6) is 0 Å². The molecule has 0 aliphatic rings. The van der Waals surface area contributed by atoms with E-state index in [1.165, 1.54) is 0 Å². The fraction of sp³-hybridized carbons (Fsp3) is 0.278. The van der Waals surface area contributed by atoms with Gasteiger partial charge in [0.15, 0.2) is 0 Å². The van der Waals surface area contributed by atoms with Crippen molar-refractivity contribution in [2.24, 2.45) is 5.73 Å². The van der Waals surface area contributed by atoms with E-state index in [2.05, 4.69) is 26.1 Å². The number of hydrogen-bond donors (Lipinski definition) is 2. The number of nitrogens with two attached hydrogens (primary N) is 1. The zero-order chi connectivity index (χ0) is 15.5. The highest BCUT2D eigenvalue weighted by molar-refractivity contribution is 6.04. The monoisotopic (exact) mass is 282 g/mol. The van der Waals surface area contributed by atoms with Crippen LogP contribution < -0.4 is 11.1 Å². The molecule has 3 heteroatoms. The van der Waals surface area contributed by atoms with Gasteiger partial charge in [-0.15, -0.1) is 0 Å². The minimum Gasteiger partial charge on any atom is -0.326 e. The van der Waals surface area contributed by atoms with Crippen LogP contribution in [0.3, 0.4) is 0 Å². The topological polar surface area (TPSA) is 55.1 Å². The highest BCUT2D eigenvalue weighted by Gasteiger charge is 2.18. The number of carbonyl (C=O) groups is 1. The fourth-order valence-electron chi connectivity index (χ4n) is 2.28. The van der Waals surface area contributed by atoms with E-state index in [-0.39, 0.29) is 11.3 Å². The van der Waals surface area contributed by atoms with Gasteiger partial charge in [-0.2, -0.15) is 0 Å². The summed E-state index contributed by atoms with van der Waals surface area (Å²) in [5, 5.41) is 3.00. The van der Waals surface area contributed by atoms with Crippen LogP contribution in [0.15, 0.2) is 48.5 Å². The van der Waals surface area contributed by atoms with Crippen molar-refractivity contribution in [1.82, 2.24) is 0 Å². The van der Waals surface area contributed by atoms with Crippen LogP contribution in [-0.4, -0.2) is 5.91 Å². The van der Waals surface area contributed by atoms with Gasteiger partial charge in [-0.25, -0.2) is 0 Å². The molecular weight excluding hydrogens is 260 g/mol. The van der Waals surface area contributed by atoms with Gasteiger partial charge in [-0.1, -0.05) is 51.1 Å². The first-order valence-electron chi connectivity index (χ1n) is 7.11. The Morgan fingerprint density at radius 2 is 1.81 bits per heavy atom. The second-order valence-electron chi connectivity index (χ2n) is 6.15. The molecular formula is C18H22N2O. The van der Waals surface area contributed by atoms with Crippen LogP contribution in [0.2, 0.25) is 0 Å². The third-order valence-corrected chi connectivity index (χ3v) is 3.41. The van der Waals surface area contributed by atoms with Gasteiger partial charge in [0.2, 0.25) is 0 Å². The van der Waals surface area contributed by atoms with Crippen LogP contribution in [0.4, 0.5) is 5.69 Å². The van der Waals surface area contributed by atoms with Crippen molar-refractivity contribution in [3.63, 3.8) is 0 Å². The van der Waals surface area contributed by atoms with E-state index in [1.54, 1.807) is 6.07 Å². The summed E-state index contributed by atoms with van der Waals surface area (Å²) in [7, 11) is 0. The molecule has 2 rings (SSSR count). The number of carbonyl (C=O) groups excluding carboxylic acids is 1. The predicted molar refractivity (Wildman–Crippen MR) is 87.4 cm³/mol. The maximum absolute atomic E-state index is 12.4. The summed E-state index contributed by atoms with van der Waals surface area (Å²) in [5.41, 5.74) is 9.15. The van der Waals surface area contributed by atoms with E-state index in [4.69, 9.17) is 5.73 Å². The largest absolute Gasteiger partial charge is 0.326 e. The van der Waals surface area contributed by atoms with Crippen LogP contribution in [0, 0.1) is 0 Å². The summed E-state index contributed by atoms with van der Waals surface area (Å²) in [5.74, 6) is -0.109. The van der Waals surface area contributed by atoms with Crippen LogP contribution in [0.1, 0.15) is 42.3 Å². The average molecular weight is 282 g/mol. The lowest BCUT2D eigenvalue weighted by Crippen LogP contribution is -2.18. The number of nitrogens with one attached hydrogen (secondary N) is 1. The minimum atomic E-state index is -0.109. The lowest BCUT2D eigenvalue weighted by atomic mass is 9.86. The number of amides is 1. The summed E-state index contributed by atoms with van der Waals surface area (Å²) >= 11 is 0. The highest BCUT2D eigenvalue weighted by Crippen LogP contribution is 2.29. The standard InChI is InChI=1S/C18H22N2O/c1-18(2,3)15-9-4-5-10-16(15)20-17(21)14-8-6-7-13(11-14)12-19/h4-11H,12,19H2,1-3H3,(H,20,21). The summed E-state index contributed by atoms with van der Waals surface area (Å²) < 4.78 is 0. The number of anilines is 1. The molecule has 1 amide bonds. The molecule has 0 fully saturated rings. The molecule has 0 saturated carbocycles. The van der Waals surface area contributed by atoms with E-state index >= 15 is 0 Å². The van der Waals surface area contributed by atoms with Gasteiger partial charge < -0.3 is 11.1 Å². The summed E-state index contributed by atoms with van der Waals surface area (Å²) in [6.07, 6.45) is 0. The molecule has 0 atom stereocenters. The lowest BCUT2D eigenvalue weighted by Gasteiger charge is -2.23. The number of para-hydroxylation sites is 1. The first kappa shape index (κ1) is 15.3. The Balaban J connectivity index is 2.28. The van der Waals surface area contributed by atoms with Gasteiger partial charge in [0.05, 0.1) is 0 Å². The average Bonchev–Trinajstić information content (AvgIpc) is 2.46. The molecule has 0 aromatic heterocycles. The molecule has 0 saturated heterocycles. The second kappa shape index (κ2) is 6.10. The summed E-state index contributed by atoms with van der Waals surface area (Å²) in [6, 6.07) is 15.3. The Hall–Kier alpha value is -2.13. The molecule has 3 nitrogen and oxygen atoms in total. The molecule has 2 aromatic rings. The highest BCUT2D eigenvalue weighted by atomic mass is 16.1. The van der Waals surface area contributed by atoms with E-state index in [1.807, 2.05) is 42.5 Å². The maximum atomic E-state index is 12.4. The van der Waals surface area contributed by atoms with Crippen molar-refractivity contribution in [2.45, 2.75) is 32.7 Å². The van der Waals surface area contributed by atoms with Crippen molar-refractivity contribution in [1.29, 1.82) is 0 Å². The number of benzene rings is 2. The molecule has 2 aromatic carbocycles. The normalized spacial score (nSPS) is 11.2. The first-order valence-corrected chi connectivity index (χ1v) is 7.11. The minimum absolute atomic E-state index is 0.0248. The van der Waals surface area contributed by atoms with E-state index < -0.39 is 0 Å². The van der Waals surface area contributed by atoms with Crippen LogP contribution >= 0.6 is 0 Å². The molecule has 21 heavy (non-hydrogen) atoms. The van der Waals surface area contributed by atoms with E-state index in [9.17, 15) is 4.79 Å². The first-order chi connectivity index (χ1) is 9.91. The molecule has 0 aliphatic carbocycles. The molecule has 3 N–H and O–H groups in total.